The molecule has 0 unspecified atom stereocenters. The van der Waals surface area contributed by atoms with Gasteiger partial charge in [-0.2, -0.15) is 0 Å². The molecule has 1 aromatic rings. The van der Waals surface area contributed by atoms with Crippen molar-refractivity contribution in [1.82, 2.24) is 4.90 Å². The molecule has 3 heteroatoms. The average Bonchev–Trinajstić information content (AvgIpc) is 2.42. The van der Waals surface area contributed by atoms with Gasteiger partial charge in [0.25, 0.3) is 0 Å². The van der Waals surface area contributed by atoms with Crippen LogP contribution < -0.4 is 4.90 Å². The fraction of sp³-hybridized carbons (Fsp3) is 0.438. The van der Waals surface area contributed by atoms with Crippen molar-refractivity contribution in [2.24, 2.45) is 0 Å². The van der Waals surface area contributed by atoms with Crippen molar-refractivity contribution >= 4 is 11.6 Å². The molecule has 0 radical (unpaired) electrons. The Morgan fingerprint density at radius 2 is 1.74 bits per heavy atom. The number of carbonyl (C=O) groups is 1. The van der Waals surface area contributed by atoms with Crippen LogP contribution in [0.2, 0.25) is 0 Å². The van der Waals surface area contributed by atoms with Gasteiger partial charge in [-0.3, -0.25) is 4.79 Å². The Morgan fingerprint density at radius 1 is 1.11 bits per heavy atom. The van der Waals surface area contributed by atoms with Crippen molar-refractivity contribution in [1.29, 1.82) is 0 Å². The molecule has 0 bridgehead atoms. The van der Waals surface area contributed by atoms with Gasteiger partial charge in [-0.1, -0.05) is 30.4 Å². The molecule has 0 aromatic heterocycles. The zero-order chi connectivity index (χ0) is 14.3. The molecule has 1 amide bonds. The lowest BCUT2D eigenvalue weighted by atomic mass is 10.2. The van der Waals surface area contributed by atoms with Gasteiger partial charge in [0.2, 0.25) is 5.91 Å². The minimum atomic E-state index is 0.149. The number of nitrogens with zero attached hydrogens (tertiary/aromatic N) is 2. The van der Waals surface area contributed by atoms with Crippen molar-refractivity contribution in [3.8, 4) is 0 Å². The summed E-state index contributed by atoms with van der Waals surface area (Å²) in [5.41, 5.74) is 2.10. The first-order valence-corrected chi connectivity index (χ1v) is 6.80. The van der Waals surface area contributed by atoms with Crippen LogP contribution in [0.15, 0.2) is 42.5 Å². The van der Waals surface area contributed by atoms with Gasteiger partial charge in [0, 0.05) is 25.3 Å². The van der Waals surface area contributed by atoms with E-state index in [4.69, 9.17) is 0 Å². The van der Waals surface area contributed by atoms with Crippen molar-refractivity contribution in [2.75, 3.05) is 31.1 Å². The smallest absolute Gasteiger partial charge is 0.242 e. The van der Waals surface area contributed by atoms with E-state index in [0.29, 0.717) is 13.1 Å². The monoisotopic (exact) mass is 260 g/mol. The van der Waals surface area contributed by atoms with E-state index in [1.165, 1.54) is 0 Å². The molecule has 0 aliphatic rings. The summed E-state index contributed by atoms with van der Waals surface area (Å²) in [5, 5.41) is 0. The molecule has 3 nitrogen and oxygen atoms in total. The minimum Gasteiger partial charge on any atom is -0.362 e. The SMILES string of the molecule is C=C(C)CN(CC)C(=O)CN(CC)c1ccccc1. The van der Waals surface area contributed by atoms with Crippen molar-refractivity contribution in [3.63, 3.8) is 0 Å². The highest BCUT2D eigenvalue weighted by Gasteiger charge is 2.15. The van der Waals surface area contributed by atoms with E-state index in [1.54, 1.807) is 0 Å². The number of hydrogen-bond donors (Lipinski definition) is 0. The fourth-order valence-corrected chi connectivity index (χ4v) is 1.99. The quantitative estimate of drug-likeness (QED) is 0.704. The van der Waals surface area contributed by atoms with Crippen molar-refractivity contribution < 1.29 is 4.79 Å². The third-order valence-corrected chi connectivity index (χ3v) is 3.02. The van der Waals surface area contributed by atoms with Gasteiger partial charge in [0.05, 0.1) is 6.54 Å². The molecule has 0 saturated carbocycles. The van der Waals surface area contributed by atoms with Crippen LogP contribution in [0.3, 0.4) is 0 Å². The maximum Gasteiger partial charge on any atom is 0.242 e. The first-order valence-electron chi connectivity index (χ1n) is 6.80. The predicted molar refractivity (Wildman–Crippen MR) is 81.4 cm³/mol. The van der Waals surface area contributed by atoms with E-state index >= 15 is 0 Å². The first-order chi connectivity index (χ1) is 9.08. The molecule has 0 aliphatic heterocycles. The molecule has 0 atom stereocenters. The number of likely N-dealkylation sites (N-methyl/N-ethyl adjacent to an activating group) is 2. The van der Waals surface area contributed by atoms with Gasteiger partial charge in [-0.05, 0) is 32.9 Å². The van der Waals surface area contributed by atoms with Crippen LogP contribution in [-0.4, -0.2) is 37.0 Å². The molecule has 1 rings (SSSR count). The largest absolute Gasteiger partial charge is 0.362 e. The van der Waals surface area contributed by atoms with E-state index in [1.807, 2.05) is 49.1 Å². The van der Waals surface area contributed by atoms with Crippen LogP contribution in [-0.2, 0) is 4.79 Å². The van der Waals surface area contributed by atoms with Gasteiger partial charge < -0.3 is 9.80 Å². The van der Waals surface area contributed by atoms with E-state index in [9.17, 15) is 4.79 Å². The van der Waals surface area contributed by atoms with Gasteiger partial charge in [-0.25, -0.2) is 0 Å². The molecule has 1 aromatic carbocycles. The molecule has 0 spiro atoms. The minimum absolute atomic E-state index is 0.149. The van der Waals surface area contributed by atoms with E-state index in [0.717, 1.165) is 24.4 Å². The molecule has 19 heavy (non-hydrogen) atoms. The maximum atomic E-state index is 12.3. The highest BCUT2D eigenvalue weighted by Crippen LogP contribution is 2.13. The summed E-state index contributed by atoms with van der Waals surface area (Å²) in [7, 11) is 0. The fourth-order valence-electron chi connectivity index (χ4n) is 1.99. The lowest BCUT2D eigenvalue weighted by Gasteiger charge is -2.27. The van der Waals surface area contributed by atoms with Crippen LogP contribution in [0.5, 0.6) is 0 Å². The normalized spacial score (nSPS) is 10.1. The summed E-state index contributed by atoms with van der Waals surface area (Å²) in [6, 6.07) is 10.0. The third-order valence-electron chi connectivity index (χ3n) is 3.02. The molecule has 0 aliphatic carbocycles. The number of rotatable bonds is 7. The first kappa shape index (κ1) is 15.3. The molecular formula is C16H24N2O. The van der Waals surface area contributed by atoms with Gasteiger partial charge in [0.15, 0.2) is 0 Å². The van der Waals surface area contributed by atoms with Crippen LogP contribution in [0.25, 0.3) is 0 Å². The maximum absolute atomic E-state index is 12.3. The number of hydrogen-bond acceptors (Lipinski definition) is 2. The Balaban J connectivity index is 2.70. The van der Waals surface area contributed by atoms with Gasteiger partial charge in [0.1, 0.15) is 0 Å². The third kappa shape index (κ3) is 4.78. The Hall–Kier alpha value is -1.77. The highest BCUT2D eigenvalue weighted by atomic mass is 16.2. The summed E-state index contributed by atoms with van der Waals surface area (Å²) in [6.45, 7) is 12.5. The van der Waals surface area contributed by atoms with Crippen LogP contribution >= 0.6 is 0 Å². The zero-order valence-corrected chi connectivity index (χ0v) is 12.2. The zero-order valence-electron chi connectivity index (χ0n) is 12.2. The van der Waals surface area contributed by atoms with Crippen LogP contribution in [0, 0.1) is 0 Å². The molecule has 0 N–H and O–H groups in total. The Bertz CT molecular complexity index is 414. The van der Waals surface area contributed by atoms with E-state index < -0.39 is 0 Å². The lowest BCUT2D eigenvalue weighted by molar-refractivity contribution is -0.129. The number of benzene rings is 1. The summed E-state index contributed by atoms with van der Waals surface area (Å²) in [4.78, 5) is 16.2. The average molecular weight is 260 g/mol. The molecular weight excluding hydrogens is 236 g/mol. The second-order valence-electron chi connectivity index (χ2n) is 4.71. The number of carbonyl (C=O) groups excluding carboxylic acids is 1. The predicted octanol–water partition coefficient (Wildman–Crippen LogP) is 2.94. The van der Waals surface area contributed by atoms with Gasteiger partial charge >= 0.3 is 0 Å². The number of para-hydroxylation sites is 1. The molecule has 0 fully saturated rings. The summed E-state index contributed by atoms with van der Waals surface area (Å²) >= 11 is 0. The van der Waals surface area contributed by atoms with Crippen LogP contribution in [0.1, 0.15) is 20.8 Å². The Labute approximate surface area is 116 Å². The van der Waals surface area contributed by atoms with E-state index in [-0.39, 0.29) is 5.91 Å². The standard InChI is InChI=1S/C16H24N2O/c1-5-17(15-10-8-7-9-11-15)13-16(19)18(6-2)12-14(3)4/h7-11H,3,5-6,12-13H2,1-2,4H3. The van der Waals surface area contributed by atoms with E-state index in [2.05, 4.69) is 18.4 Å². The second-order valence-corrected chi connectivity index (χ2v) is 4.71. The summed E-state index contributed by atoms with van der Waals surface area (Å²) in [5.74, 6) is 0.149. The Morgan fingerprint density at radius 3 is 2.21 bits per heavy atom. The number of anilines is 1. The molecule has 0 heterocycles. The highest BCUT2D eigenvalue weighted by molar-refractivity contribution is 5.81. The molecule has 104 valence electrons. The van der Waals surface area contributed by atoms with Crippen molar-refractivity contribution in [3.05, 3.63) is 42.5 Å². The number of amides is 1. The van der Waals surface area contributed by atoms with Crippen LogP contribution in [0.4, 0.5) is 5.69 Å². The van der Waals surface area contributed by atoms with Gasteiger partial charge in [-0.15, -0.1) is 0 Å². The van der Waals surface area contributed by atoms with Crippen molar-refractivity contribution in [2.45, 2.75) is 20.8 Å². The lowest BCUT2D eigenvalue weighted by Crippen LogP contribution is -2.41. The Kier molecular flexibility index (Phi) is 6.13. The summed E-state index contributed by atoms with van der Waals surface area (Å²) in [6.07, 6.45) is 0. The topological polar surface area (TPSA) is 23.6 Å². The second kappa shape index (κ2) is 7.62. The molecule has 0 saturated heterocycles. The summed E-state index contributed by atoms with van der Waals surface area (Å²) < 4.78 is 0.